The highest BCUT2D eigenvalue weighted by molar-refractivity contribution is 7.99. The van der Waals surface area contributed by atoms with E-state index in [9.17, 15) is 9.59 Å². The van der Waals surface area contributed by atoms with Crippen LogP contribution in [0.5, 0.6) is 0 Å². The number of aromatic nitrogens is 2. The molecule has 0 spiro atoms. The molecule has 7 heteroatoms. The minimum atomic E-state index is -0.171. The molecule has 0 atom stereocenters. The van der Waals surface area contributed by atoms with Crippen molar-refractivity contribution in [1.29, 1.82) is 0 Å². The van der Waals surface area contributed by atoms with Crippen molar-refractivity contribution in [3.8, 4) is 0 Å². The molecule has 0 fully saturated rings. The van der Waals surface area contributed by atoms with Crippen LogP contribution < -0.4 is 10.9 Å². The van der Waals surface area contributed by atoms with Gasteiger partial charge in [-0.2, -0.15) is 0 Å². The second-order valence-corrected chi connectivity index (χ2v) is 7.40. The second kappa shape index (κ2) is 7.93. The normalized spacial score (nSPS) is 11.1. The van der Waals surface area contributed by atoms with Crippen LogP contribution >= 0.6 is 23.4 Å². The minimum Gasteiger partial charge on any atom is -0.325 e. The Morgan fingerprint density at radius 2 is 1.88 bits per heavy atom. The second-order valence-electron chi connectivity index (χ2n) is 6.02. The Hall–Kier alpha value is -2.31. The molecule has 0 bridgehead atoms. The van der Waals surface area contributed by atoms with Crippen LogP contribution in [0.25, 0.3) is 10.9 Å². The molecule has 2 aromatic carbocycles. The van der Waals surface area contributed by atoms with Crippen molar-refractivity contribution in [3.63, 3.8) is 0 Å². The van der Waals surface area contributed by atoms with Crippen LogP contribution in [0.1, 0.15) is 19.9 Å². The molecule has 3 rings (SSSR count). The van der Waals surface area contributed by atoms with E-state index >= 15 is 0 Å². The van der Waals surface area contributed by atoms with Gasteiger partial charge in [-0.15, -0.1) is 0 Å². The van der Waals surface area contributed by atoms with Crippen molar-refractivity contribution in [2.75, 3.05) is 11.1 Å². The zero-order valence-electron chi connectivity index (χ0n) is 14.4. The highest BCUT2D eigenvalue weighted by Gasteiger charge is 2.15. The number of hydrogen-bond acceptors (Lipinski definition) is 4. The lowest BCUT2D eigenvalue weighted by Gasteiger charge is -2.16. The topological polar surface area (TPSA) is 64.0 Å². The molecule has 1 aromatic heterocycles. The zero-order chi connectivity index (χ0) is 18.7. The van der Waals surface area contributed by atoms with Crippen LogP contribution in [0.2, 0.25) is 5.02 Å². The first-order valence-corrected chi connectivity index (χ1v) is 9.51. The number of hydrogen-bond donors (Lipinski definition) is 1. The summed E-state index contributed by atoms with van der Waals surface area (Å²) in [5.74, 6) is -0.0184. The number of benzene rings is 2. The first-order chi connectivity index (χ1) is 12.5. The molecule has 1 N–H and O–H groups in total. The number of carbonyl (C=O) groups excluding carboxylic acids is 1. The van der Waals surface area contributed by atoms with Crippen LogP contribution in [0, 0.1) is 0 Å². The van der Waals surface area contributed by atoms with E-state index < -0.39 is 0 Å². The molecule has 0 aliphatic carbocycles. The van der Waals surface area contributed by atoms with E-state index in [-0.39, 0.29) is 23.3 Å². The number of amides is 1. The molecule has 3 aromatic rings. The van der Waals surface area contributed by atoms with Gasteiger partial charge in [0.25, 0.3) is 5.56 Å². The van der Waals surface area contributed by atoms with Crippen LogP contribution in [-0.4, -0.2) is 21.2 Å². The lowest BCUT2D eigenvalue weighted by atomic mass is 10.2. The average Bonchev–Trinajstić information content (AvgIpc) is 2.61. The van der Waals surface area contributed by atoms with Crippen LogP contribution in [-0.2, 0) is 4.79 Å². The summed E-state index contributed by atoms with van der Waals surface area (Å²) in [6, 6.07) is 14.1. The molecule has 0 aliphatic heterocycles. The van der Waals surface area contributed by atoms with Crippen molar-refractivity contribution >= 4 is 45.9 Å². The monoisotopic (exact) mass is 387 g/mol. The molecule has 1 amide bonds. The summed E-state index contributed by atoms with van der Waals surface area (Å²) in [5, 5.41) is 4.53. The molecule has 5 nitrogen and oxygen atoms in total. The van der Waals surface area contributed by atoms with Gasteiger partial charge in [-0.05, 0) is 50.2 Å². The number of para-hydroxylation sites is 1. The van der Waals surface area contributed by atoms with Crippen LogP contribution in [0.3, 0.4) is 0 Å². The fraction of sp³-hybridized carbons (Fsp3) is 0.211. The van der Waals surface area contributed by atoms with Crippen molar-refractivity contribution in [2.24, 2.45) is 0 Å². The molecule has 0 unspecified atom stereocenters. The molecule has 134 valence electrons. The molecular formula is C19H18ClN3O2S. The third-order valence-corrected chi connectivity index (χ3v) is 4.96. The SMILES string of the molecule is CC(C)n1c(SCC(=O)Nc2ccc(Cl)cc2)nc2ccccc2c1=O. The summed E-state index contributed by atoms with van der Waals surface area (Å²) >= 11 is 7.09. The van der Waals surface area contributed by atoms with Gasteiger partial charge in [-0.3, -0.25) is 14.2 Å². The fourth-order valence-corrected chi connectivity index (χ4v) is 3.60. The minimum absolute atomic E-state index is 0.0542. The van der Waals surface area contributed by atoms with E-state index in [1.54, 1.807) is 41.0 Å². The van der Waals surface area contributed by atoms with Gasteiger partial charge in [-0.1, -0.05) is 35.5 Å². The number of rotatable bonds is 5. The predicted octanol–water partition coefficient (Wildman–Crippen LogP) is 4.36. The molecule has 1 heterocycles. The lowest BCUT2D eigenvalue weighted by molar-refractivity contribution is -0.113. The van der Waals surface area contributed by atoms with Gasteiger partial charge < -0.3 is 5.32 Å². The number of anilines is 1. The fourth-order valence-electron chi connectivity index (χ4n) is 2.54. The Morgan fingerprint density at radius 1 is 1.19 bits per heavy atom. The zero-order valence-corrected chi connectivity index (χ0v) is 16.0. The van der Waals surface area contributed by atoms with E-state index in [1.165, 1.54) is 11.8 Å². The number of nitrogens with one attached hydrogen (secondary N) is 1. The van der Waals surface area contributed by atoms with E-state index in [0.29, 0.717) is 26.8 Å². The first-order valence-electron chi connectivity index (χ1n) is 8.15. The standard InChI is InChI=1S/C19H18ClN3O2S/c1-12(2)23-18(25)15-5-3-4-6-16(15)22-19(23)26-11-17(24)21-14-9-7-13(20)8-10-14/h3-10,12H,11H2,1-2H3,(H,21,24). The third kappa shape index (κ3) is 4.08. The predicted molar refractivity (Wildman–Crippen MR) is 107 cm³/mol. The van der Waals surface area contributed by atoms with E-state index in [0.717, 1.165) is 0 Å². The number of carbonyl (C=O) groups is 1. The van der Waals surface area contributed by atoms with Gasteiger partial charge >= 0.3 is 0 Å². The van der Waals surface area contributed by atoms with Crippen LogP contribution in [0.15, 0.2) is 58.5 Å². The summed E-state index contributed by atoms with van der Waals surface area (Å²) in [7, 11) is 0. The maximum absolute atomic E-state index is 12.8. The van der Waals surface area contributed by atoms with Gasteiger partial charge in [-0.25, -0.2) is 4.98 Å². The Balaban J connectivity index is 1.81. The van der Waals surface area contributed by atoms with E-state index in [4.69, 9.17) is 11.6 Å². The summed E-state index contributed by atoms with van der Waals surface area (Å²) in [5.41, 5.74) is 1.22. The number of thioether (sulfide) groups is 1. The lowest BCUT2D eigenvalue weighted by Crippen LogP contribution is -2.25. The van der Waals surface area contributed by atoms with Gasteiger partial charge in [0.1, 0.15) is 0 Å². The number of nitrogens with zero attached hydrogens (tertiary/aromatic N) is 2. The van der Waals surface area contributed by atoms with Crippen molar-refractivity contribution < 1.29 is 4.79 Å². The smallest absolute Gasteiger partial charge is 0.262 e. The largest absolute Gasteiger partial charge is 0.325 e. The van der Waals surface area contributed by atoms with Gasteiger partial charge in [0.05, 0.1) is 16.7 Å². The van der Waals surface area contributed by atoms with E-state index in [1.807, 2.05) is 26.0 Å². The Kier molecular flexibility index (Phi) is 5.64. The number of halogens is 1. The highest BCUT2D eigenvalue weighted by atomic mass is 35.5. The van der Waals surface area contributed by atoms with Gasteiger partial charge in [0.2, 0.25) is 5.91 Å². The number of fused-ring (bicyclic) bond motifs is 1. The quantitative estimate of drug-likeness (QED) is 0.521. The van der Waals surface area contributed by atoms with Gasteiger partial charge in [0.15, 0.2) is 5.16 Å². The summed E-state index contributed by atoms with van der Waals surface area (Å²) in [6.07, 6.45) is 0. The molecule has 0 saturated heterocycles. The van der Waals surface area contributed by atoms with Crippen molar-refractivity contribution in [2.45, 2.75) is 25.0 Å². The Morgan fingerprint density at radius 3 is 2.58 bits per heavy atom. The van der Waals surface area contributed by atoms with Gasteiger partial charge in [0, 0.05) is 16.8 Å². The molecular weight excluding hydrogens is 370 g/mol. The summed E-state index contributed by atoms with van der Waals surface area (Å²) in [6.45, 7) is 3.85. The molecule has 0 radical (unpaired) electrons. The molecule has 26 heavy (non-hydrogen) atoms. The molecule has 0 saturated carbocycles. The average molecular weight is 388 g/mol. The third-order valence-electron chi connectivity index (χ3n) is 3.75. The van der Waals surface area contributed by atoms with Crippen molar-refractivity contribution in [1.82, 2.24) is 9.55 Å². The highest BCUT2D eigenvalue weighted by Crippen LogP contribution is 2.21. The maximum Gasteiger partial charge on any atom is 0.262 e. The molecule has 0 aliphatic rings. The van der Waals surface area contributed by atoms with Crippen molar-refractivity contribution in [3.05, 3.63) is 63.9 Å². The summed E-state index contributed by atoms with van der Waals surface area (Å²) < 4.78 is 1.63. The van der Waals surface area contributed by atoms with E-state index in [2.05, 4.69) is 10.3 Å². The maximum atomic E-state index is 12.8. The Bertz CT molecular complexity index is 1000. The van der Waals surface area contributed by atoms with Crippen LogP contribution in [0.4, 0.5) is 5.69 Å². The Labute approximate surface area is 160 Å². The first kappa shape index (κ1) is 18.5. The summed E-state index contributed by atoms with van der Waals surface area (Å²) in [4.78, 5) is 29.6.